The Morgan fingerprint density at radius 3 is 2.71 bits per heavy atom. The molecule has 1 rings (SSSR count). The van der Waals surface area contributed by atoms with Gasteiger partial charge in [0.15, 0.2) is 0 Å². The lowest BCUT2D eigenvalue weighted by Gasteiger charge is -2.09. The fourth-order valence-electron chi connectivity index (χ4n) is 1.42. The summed E-state index contributed by atoms with van der Waals surface area (Å²) in [4.78, 5) is 15.8. The summed E-state index contributed by atoms with van der Waals surface area (Å²) in [6, 6.07) is 3.98. The van der Waals surface area contributed by atoms with E-state index in [-0.39, 0.29) is 5.91 Å². The topological polar surface area (TPSA) is 54.0 Å². The molecule has 4 heteroatoms. The number of carbonyl (C=O) groups is 1. The zero-order valence-corrected chi connectivity index (χ0v) is 10.8. The first-order valence-electron chi connectivity index (χ1n) is 6.14. The second-order valence-corrected chi connectivity index (χ2v) is 4.34. The molecule has 0 aliphatic rings. The molecule has 0 saturated heterocycles. The molecule has 1 aromatic heterocycles. The van der Waals surface area contributed by atoms with E-state index in [9.17, 15) is 4.79 Å². The summed E-state index contributed by atoms with van der Waals surface area (Å²) in [6.45, 7) is 6.93. The minimum absolute atomic E-state index is 0.102. The predicted molar refractivity (Wildman–Crippen MR) is 70.2 cm³/mol. The number of unbranched alkanes of at least 4 members (excludes halogenated alkanes) is 1. The molecule has 0 bridgehead atoms. The van der Waals surface area contributed by atoms with Crippen LogP contribution in [0.1, 0.15) is 44.1 Å². The van der Waals surface area contributed by atoms with E-state index in [1.54, 1.807) is 12.3 Å². The Bertz CT molecular complexity index is 346. The molecule has 4 nitrogen and oxygen atoms in total. The fraction of sp³-hybridized carbons (Fsp3) is 0.538. The Hall–Kier alpha value is -1.58. The van der Waals surface area contributed by atoms with E-state index in [0.29, 0.717) is 18.3 Å². The SMILES string of the molecule is CCCCNC(=O)c1ccc(NC(C)C)cn1. The van der Waals surface area contributed by atoms with Gasteiger partial charge in [-0.15, -0.1) is 0 Å². The van der Waals surface area contributed by atoms with Gasteiger partial charge in [-0.25, -0.2) is 4.98 Å². The molecule has 0 fully saturated rings. The van der Waals surface area contributed by atoms with E-state index in [1.165, 1.54) is 0 Å². The molecule has 0 aromatic carbocycles. The second kappa shape index (κ2) is 6.89. The molecular formula is C13H21N3O. The monoisotopic (exact) mass is 235 g/mol. The van der Waals surface area contributed by atoms with Crippen molar-refractivity contribution >= 4 is 11.6 Å². The average Bonchev–Trinajstić information content (AvgIpc) is 2.29. The third-order valence-corrected chi connectivity index (χ3v) is 2.27. The van der Waals surface area contributed by atoms with Crippen molar-refractivity contribution in [1.82, 2.24) is 10.3 Å². The minimum atomic E-state index is -0.102. The molecule has 0 unspecified atom stereocenters. The van der Waals surface area contributed by atoms with Gasteiger partial charge in [0.2, 0.25) is 0 Å². The van der Waals surface area contributed by atoms with Crippen LogP contribution in [0.3, 0.4) is 0 Å². The zero-order valence-electron chi connectivity index (χ0n) is 10.8. The molecule has 1 heterocycles. The Morgan fingerprint density at radius 2 is 2.18 bits per heavy atom. The van der Waals surface area contributed by atoms with Gasteiger partial charge in [0, 0.05) is 12.6 Å². The highest BCUT2D eigenvalue weighted by Crippen LogP contribution is 2.07. The van der Waals surface area contributed by atoms with Crippen molar-refractivity contribution in [3.05, 3.63) is 24.0 Å². The van der Waals surface area contributed by atoms with E-state index in [4.69, 9.17) is 0 Å². The van der Waals surface area contributed by atoms with Crippen LogP contribution in [0.2, 0.25) is 0 Å². The molecule has 1 aromatic rings. The van der Waals surface area contributed by atoms with E-state index in [2.05, 4.69) is 36.4 Å². The number of hydrogen-bond donors (Lipinski definition) is 2. The van der Waals surface area contributed by atoms with Gasteiger partial charge < -0.3 is 10.6 Å². The van der Waals surface area contributed by atoms with Crippen LogP contribution in [0.15, 0.2) is 18.3 Å². The highest BCUT2D eigenvalue weighted by Gasteiger charge is 2.06. The second-order valence-electron chi connectivity index (χ2n) is 4.34. The van der Waals surface area contributed by atoms with Gasteiger partial charge in [0.05, 0.1) is 11.9 Å². The van der Waals surface area contributed by atoms with Crippen molar-refractivity contribution in [2.24, 2.45) is 0 Å². The van der Waals surface area contributed by atoms with E-state index < -0.39 is 0 Å². The van der Waals surface area contributed by atoms with Crippen molar-refractivity contribution in [1.29, 1.82) is 0 Å². The molecule has 0 radical (unpaired) electrons. The summed E-state index contributed by atoms with van der Waals surface area (Å²) in [5.74, 6) is -0.102. The van der Waals surface area contributed by atoms with Crippen LogP contribution < -0.4 is 10.6 Å². The van der Waals surface area contributed by atoms with Gasteiger partial charge in [-0.3, -0.25) is 4.79 Å². The van der Waals surface area contributed by atoms with Crippen LogP contribution in [0.4, 0.5) is 5.69 Å². The summed E-state index contributed by atoms with van der Waals surface area (Å²) < 4.78 is 0. The highest BCUT2D eigenvalue weighted by molar-refractivity contribution is 5.92. The number of anilines is 1. The van der Waals surface area contributed by atoms with Crippen LogP contribution in [0.25, 0.3) is 0 Å². The molecule has 0 aliphatic heterocycles. The summed E-state index contributed by atoms with van der Waals surface area (Å²) in [7, 11) is 0. The van der Waals surface area contributed by atoms with Crippen LogP contribution in [-0.4, -0.2) is 23.5 Å². The first-order chi connectivity index (χ1) is 8.13. The normalized spacial score (nSPS) is 10.4. The predicted octanol–water partition coefficient (Wildman–Crippen LogP) is 2.43. The molecule has 0 spiro atoms. The van der Waals surface area contributed by atoms with Crippen molar-refractivity contribution < 1.29 is 4.79 Å². The van der Waals surface area contributed by atoms with Gasteiger partial charge in [0.25, 0.3) is 5.91 Å². The number of amides is 1. The number of nitrogens with zero attached hydrogens (tertiary/aromatic N) is 1. The molecule has 2 N–H and O–H groups in total. The smallest absolute Gasteiger partial charge is 0.269 e. The van der Waals surface area contributed by atoms with Crippen molar-refractivity contribution in [2.45, 2.75) is 39.7 Å². The first kappa shape index (κ1) is 13.5. The van der Waals surface area contributed by atoms with Gasteiger partial charge in [-0.05, 0) is 32.4 Å². The third kappa shape index (κ3) is 4.85. The minimum Gasteiger partial charge on any atom is -0.382 e. The number of carbonyl (C=O) groups excluding carboxylic acids is 1. The van der Waals surface area contributed by atoms with Crippen molar-refractivity contribution in [2.75, 3.05) is 11.9 Å². The highest BCUT2D eigenvalue weighted by atomic mass is 16.1. The molecule has 94 valence electrons. The summed E-state index contributed by atoms with van der Waals surface area (Å²) >= 11 is 0. The molecule has 0 saturated carbocycles. The summed E-state index contributed by atoms with van der Waals surface area (Å²) in [6.07, 6.45) is 3.76. The molecule has 1 amide bonds. The summed E-state index contributed by atoms with van der Waals surface area (Å²) in [5, 5.41) is 6.07. The van der Waals surface area contributed by atoms with Crippen LogP contribution >= 0.6 is 0 Å². The van der Waals surface area contributed by atoms with Crippen LogP contribution in [-0.2, 0) is 0 Å². The van der Waals surface area contributed by atoms with Crippen LogP contribution in [0, 0.1) is 0 Å². The number of hydrogen-bond acceptors (Lipinski definition) is 3. The largest absolute Gasteiger partial charge is 0.382 e. The van der Waals surface area contributed by atoms with Crippen LogP contribution in [0.5, 0.6) is 0 Å². The van der Waals surface area contributed by atoms with E-state index >= 15 is 0 Å². The van der Waals surface area contributed by atoms with E-state index in [0.717, 1.165) is 18.5 Å². The lowest BCUT2D eigenvalue weighted by Crippen LogP contribution is -2.25. The Morgan fingerprint density at radius 1 is 1.41 bits per heavy atom. The lowest BCUT2D eigenvalue weighted by molar-refractivity contribution is 0.0948. The number of pyridine rings is 1. The number of nitrogens with one attached hydrogen (secondary N) is 2. The Kier molecular flexibility index (Phi) is 5.46. The quantitative estimate of drug-likeness (QED) is 0.745. The number of aromatic nitrogens is 1. The van der Waals surface area contributed by atoms with E-state index in [1.807, 2.05) is 6.07 Å². The maximum atomic E-state index is 11.7. The molecule has 17 heavy (non-hydrogen) atoms. The average molecular weight is 235 g/mol. The summed E-state index contributed by atoms with van der Waals surface area (Å²) in [5.41, 5.74) is 1.40. The number of rotatable bonds is 6. The lowest BCUT2D eigenvalue weighted by atomic mass is 10.3. The van der Waals surface area contributed by atoms with Crippen molar-refractivity contribution in [3.8, 4) is 0 Å². The molecular weight excluding hydrogens is 214 g/mol. The van der Waals surface area contributed by atoms with Gasteiger partial charge in [-0.1, -0.05) is 13.3 Å². The third-order valence-electron chi connectivity index (χ3n) is 2.27. The Labute approximate surface area is 103 Å². The first-order valence-corrected chi connectivity index (χ1v) is 6.14. The Balaban J connectivity index is 2.52. The standard InChI is InChI=1S/C13H21N3O/c1-4-5-8-14-13(17)12-7-6-11(9-15-12)16-10(2)3/h6-7,9-10,16H,4-5,8H2,1-3H3,(H,14,17). The fourth-order valence-corrected chi connectivity index (χ4v) is 1.42. The maximum absolute atomic E-state index is 11.7. The van der Waals surface area contributed by atoms with Gasteiger partial charge >= 0.3 is 0 Å². The maximum Gasteiger partial charge on any atom is 0.269 e. The molecule has 0 aliphatic carbocycles. The molecule has 0 atom stereocenters. The van der Waals surface area contributed by atoms with Crippen molar-refractivity contribution in [3.63, 3.8) is 0 Å². The van der Waals surface area contributed by atoms with Gasteiger partial charge in [0.1, 0.15) is 5.69 Å². The van der Waals surface area contributed by atoms with Gasteiger partial charge in [-0.2, -0.15) is 0 Å². The zero-order chi connectivity index (χ0) is 12.7.